The Labute approximate surface area is 111 Å². The van der Waals surface area contributed by atoms with Gasteiger partial charge in [0.05, 0.1) is 5.56 Å². The molecule has 0 bridgehead atoms. The monoisotopic (exact) mass is 258 g/mol. The molecule has 4 nitrogen and oxygen atoms in total. The summed E-state index contributed by atoms with van der Waals surface area (Å²) in [4.78, 5) is 8.66. The molecule has 2 aromatic rings. The summed E-state index contributed by atoms with van der Waals surface area (Å²) in [5, 5.41) is 3.25. The Hall–Kier alpha value is -2.01. The Balaban J connectivity index is 2.16. The lowest BCUT2D eigenvalue weighted by Crippen LogP contribution is -2.14. The second kappa shape index (κ2) is 5.55. The lowest BCUT2D eigenvalue weighted by Gasteiger charge is -2.10. The van der Waals surface area contributed by atoms with Crippen LogP contribution in [0.2, 0.25) is 0 Å². The molecule has 18 heavy (non-hydrogen) atoms. The van der Waals surface area contributed by atoms with Gasteiger partial charge in [-0.25, -0.2) is 4.98 Å². The predicted molar refractivity (Wildman–Crippen MR) is 76.4 cm³/mol. The van der Waals surface area contributed by atoms with Crippen molar-refractivity contribution >= 4 is 23.0 Å². The van der Waals surface area contributed by atoms with Crippen molar-refractivity contribution in [3.8, 4) is 0 Å². The average Bonchev–Trinajstić information content (AvgIpc) is 2.38. The van der Waals surface area contributed by atoms with E-state index in [1.165, 1.54) is 5.56 Å². The van der Waals surface area contributed by atoms with Crippen LogP contribution in [0.25, 0.3) is 0 Å². The molecular formula is C13H14N4S. The third-order valence-electron chi connectivity index (χ3n) is 2.66. The highest BCUT2D eigenvalue weighted by atomic mass is 32.1. The van der Waals surface area contributed by atoms with Crippen LogP contribution in [-0.2, 0) is 6.54 Å². The van der Waals surface area contributed by atoms with Gasteiger partial charge >= 0.3 is 0 Å². The molecule has 0 radical (unpaired) electrons. The highest BCUT2D eigenvalue weighted by Gasteiger charge is 2.05. The van der Waals surface area contributed by atoms with Gasteiger partial charge in [-0.15, -0.1) is 0 Å². The number of nitrogens with two attached hydrogens (primary N) is 1. The summed E-state index contributed by atoms with van der Waals surface area (Å²) in [7, 11) is 0. The van der Waals surface area contributed by atoms with Crippen molar-refractivity contribution in [2.45, 2.75) is 13.5 Å². The zero-order valence-electron chi connectivity index (χ0n) is 10.1. The lowest BCUT2D eigenvalue weighted by atomic mass is 10.1. The molecule has 0 saturated heterocycles. The van der Waals surface area contributed by atoms with Gasteiger partial charge < -0.3 is 11.1 Å². The molecule has 92 valence electrons. The molecule has 3 N–H and O–H groups in total. The minimum Gasteiger partial charge on any atom is -0.389 e. The zero-order valence-corrected chi connectivity index (χ0v) is 10.9. The van der Waals surface area contributed by atoms with E-state index in [9.17, 15) is 0 Å². The van der Waals surface area contributed by atoms with Crippen LogP contribution in [0.3, 0.4) is 0 Å². The van der Waals surface area contributed by atoms with Crippen molar-refractivity contribution in [1.82, 2.24) is 9.97 Å². The molecule has 0 saturated carbocycles. The molecule has 2 rings (SSSR count). The number of pyridine rings is 2. The number of nitrogens with one attached hydrogen (secondary N) is 1. The number of hydrogen-bond acceptors (Lipinski definition) is 4. The smallest absolute Gasteiger partial charge is 0.136 e. The first-order chi connectivity index (χ1) is 8.68. The molecule has 5 heteroatoms. The second-order valence-corrected chi connectivity index (χ2v) is 4.36. The summed E-state index contributed by atoms with van der Waals surface area (Å²) in [6.45, 7) is 2.69. The largest absolute Gasteiger partial charge is 0.389 e. The summed E-state index contributed by atoms with van der Waals surface area (Å²) in [5.41, 5.74) is 8.73. The molecule has 0 aliphatic heterocycles. The van der Waals surface area contributed by atoms with Gasteiger partial charge in [0.2, 0.25) is 0 Å². The zero-order chi connectivity index (χ0) is 13.0. The van der Waals surface area contributed by atoms with E-state index >= 15 is 0 Å². The fourth-order valence-electron chi connectivity index (χ4n) is 1.62. The fraction of sp³-hybridized carbons (Fsp3) is 0.154. The van der Waals surface area contributed by atoms with Crippen molar-refractivity contribution < 1.29 is 0 Å². The van der Waals surface area contributed by atoms with Gasteiger partial charge in [-0.05, 0) is 36.2 Å². The number of rotatable bonds is 4. The standard InChI is InChI=1S/C13H14N4S/c1-9-7-15-6-4-10(9)8-17-13-11(12(14)18)3-2-5-16-13/h2-7H,8H2,1H3,(H2,14,18)(H,16,17). The molecule has 0 unspecified atom stereocenters. The van der Waals surface area contributed by atoms with E-state index in [1.54, 1.807) is 12.4 Å². The first-order valence-electron chi connectivity index (χ1n) is 5.56. The molecule has 0 aromatic carbocycles. The molecule has 0 amide bonds. The van der Waals surface area contributed by atoms with Crippen molar-refractivity contribution in [1.29, 1.82) is 0 Å². The molecule has 0 atom stereocenters. The number of nitrogens with zero attached hydrogens (tertiary/aromatic N) is 2. The van der Waals surface area contributed by atoms with Crippen LogP contribution in [0.5, 0.6) is 0 Å². The Kier molecular flexibility index (Phi) is 3.84. The van der Waals surface area contributed by atoms with Crippen LogP contribution in [0.15, 0.2) is 36.8 Å². The maximum atomic E-state index is 5.65. The number of aryl methyl sites for hydroxylation is 1. The quantitative estimate of drug-likeness (QED) is 0.822. The summed E-state index contributed by atoms with van der Waals surface area (Å²) < 4.78 is 0. The van der Waals surface area contributed by atoms with E-state index in [1.807, 2.05) is 31.3 Å². The maximum Gasteiger partial charge on any atom is 0.136 e. The minimum atomic E-state index is 0.344. The Bertz CT molecular complexity index is 568. The molecule has 0 aliphatic carbocycles. The molecule has 0 fully saturated rings. The molecule has 0 aliphatic rings. The Morgan fingerprint density at radius 3 is 2.94 bits per heavy atom. The van der Waals surface area contributed by atoms with Gasteiger partial charge in [-0.2, -0.15) is 0 Å². The highest BCUT2D eigenvalue weighted by Crippen LogP contribution is 2.13. The predicted octanol–water partition coefficient (Wildman–Crippen LogP) is 2.03. The summed E-state index contributed by atoms with van der Waals surface area (Å²) in [6.07, 6.45) is 5.32. The van der Waals surface area contributed by atoms with Gasteiger partial charge in [0.25, 0.3) is 0 Å². The Morgan fingerprint density at radius 2 is 2.22 bits per heavy atom. The van der Waals surface area contributed by atoms with Crippen LogP contribution in [0.4, 0.5) is 5.82 Å². The van der Waals surface area contributed by atoms with E-state index < -0.39 is 0 Å². The topological polar surface area (TPSA) is 63.8 Å². The SMILES string of the molecule is Cc1cnccc1CNc1ncccc1C(N)=S. The first-order valence-corrected chi connectivity index (χ1v) is 5.97. The van der Waals surface area contributed by atoms with Crippen molar-refractivity contribution in [3.63, 3.8) is 0 Å². The van der Waals surface area contributed by atoms with E-state index in [0.29, 0.717) is 17.4 Å². The van der Waals surface area contributed by atoms with E-state index in [-0.39, 0.29) is 0 Å². The summed E-state index contributed by atoms with van der Waals surface area (Å²) >= 11 is 4.99. The number of anilines is 1. The normalized spacial score (nSPS) is 10.1. The van der Waals surface area contributed by atoms with E-state index in [2.05, 4.69) is 15.3 Å². The van der Waals surface area contributed by atoms with Gasteiger partial charge in [-0.1, -0.05) is 12.2 Å². The van der Waals surface area contributed by atoms with Gasteiger partial charge in [0, 0.05) is 25.1 Å². The Morgan fingerprint density at radius 1 is 1.39 bits per heavy atom. The van der Waals surface area contributed by atoms with E-state index in [4.69, 9.17) is 18.0 Å². The minimum absolute atomic E-state index is 0.344. The third kappa shape index (κ3) is 2.81. The van der Waals surface area contributed by atoms with Crippen LogP contribution < -0.4 is 11.1 Å². The van der Waals surface area contributed by atoms with Crippen LogP contribution in [0.1, 0.15) is 16.7 Å². The molecule has 2 heterocycles. The molecular weight excluding hydrogens is 244 g/mol. The summed E-state index contributed by atoms with van der Waals surface area (Å²) in [5.74, 6) is 0.709. The number of aromatic nitrogens is 2. The van der Waals surface area contributed by atoms with Gasteiger partial charge in [0.1, 0.15) is 10.8 Å². The van der Waals surface area contributed by atoms with Crippen molar-refractivity contribution in [2.75, 3.05) is 5.32 Å². The van der Waals surface area contributed by atoms with Crippen LogP contribution >= 0.6 is 12.2 Å². The van der Waals surface area contributed by atoms with Gasteiger partial charge in [0.15, 0.2) is 0 Å². The van der Waals surface area contributed by atoms with Crippen LogP contribution in [0, 0.1) is 6.92 Å². The molecule has 0 spiro atoms. The van der Waals surface area contributed by atoms with Crippen molar-refractivity contribution in [2.24, 2.45) is 5.73 Å². The molecule has 2 aromatic heterocycles. The van der Waals surface area contributed by atoms with Crippen molar-refractivity contribution in [3.05, 3.63) is 53.5 Å². The third-order valence-corrected chi connectivity index (χ3v) is 2.88. The highest BCUT2D eigenvalue weighted by molar-refractivity contribution is 7.80. The maximum absolute atomic E-state index is 5.65. The van der Waals surface area contributed by atoms with Gasteiger partial charge in [-0.3, -0.25) is 4.98 Å². The number of hydrogen-bond donors (Lipinski definition) is 2. The second-order valence-electron chi connectivity index (χ2n) is 3.92. The number of thiocarbonyl (C=S) groups is 1. The fourth-order valence-corrected chi connectivity index (χ4v) is 1.79. The first kappa shape index (κ1) is 12.4. The van der Waals surface area contributed by atoms with Crippen LogP contribution in [-0.4, -0.2) is 15.0 Å². The average molecular weight is 258 g/mol. The summed E-state index contributed by atoms with van der Waals surface area (Å²) in [6, 6.07) is 5.65. The lowest BCUT2D eigenvalue weighted by molar-refractivity contribution is 1.07. The van der Waals surface area contributed by atoms with E-state index in [0.717, 1.165) is 11.1 Å².